The van der Waals surface area contributed by atoms with Crippen LogP contribution >= 0.6 is 23.1 Å². The van der Waals surface area contributed by atoms with E-state index in [-0.39, 0.29) is 16.0 Å². The van der Waals surface area contributed by atoms with Gasteiger partial charge in [-0.1, -0.05) is 36.9 Å². The van der Waals surface area contributed by atoms with Gasteiger partial charge in [0, 0.05) is 10.6 Å². The van der Waals surface area contributed by atoms with Gasteiger partial charge in [-0.2, -0.15) is 5.26 Å². The number of thiophene rings is 1. The lowest BCUT2D eigenvalue weighted by molar-refractivity contribution is -0.141. The number of aliphatic carboxylic acids is 1. The minimum Gasteiger partial charge on any atom is -0.481 e. The molecule has 3 heterocycles. The Morgan fingerprint density at radius 2 is 2.22 bits per heavy atom. The lowest BCUT2D eigenvalue weighted by Gasteiger charge is -2.21. The Morgan fingerprint density at radius 1 is 1.41 bits per heavy atom. The zero-order chi connectivity index (χ0) is 22.9. The third-order valence-corrected chi connectivity index (χ3v) is 9.76. The van der Waals surface area contributed by atoms with Crippen LogP contribution in [0.15, 0.2) is 51.0 Å². The molecule has 0 amide bonds. The molecule has 0 aliphatic carbocycles. The summed E-state index contributed by atoms with van der Waals surface area (Å²) in [6.45, 7) is 1.94. The van der Waals surface area contributed by atoms with Crippen LogP contribution < -0.4 is 4.31 Å². The monoisotopic (exact) mass is 488 g/mol. The number of sulfonamides is 1. The molecule has 2 unspecified atom stereocenters. The van der Waals surface area contributed by atoms with Crippen LogP contribution in [0.25, 0.3) is 10.9 Å². The molecule has 2 aromatic heterocycles. The predicted molar refractivity (Wildman–Crippen MR) is 127 cm³/mol. The third kappa shape index (κ3) is 4.01. The molecule has 11 heteroatoms. The van der Waals surface area contributed by atoms with E-state index in [1.54, 1.807) is 23.6 Å². The van der Waals surface area contributed by atoms with Gasteiger partial charge in [-0.15, -0.1) is 11.3 Å². The number of aliphatic imine (C=N–C) groups is 1. The number of rotatable bonds is 8. The fourth-order valence-corrected chi connectivity index (χ4v) is 7.46. The fraction of sp³-hybridized carbons (Fsp3) is 0.286. The van der Waals surface area contributed by atoms with Crippen LogP contribution in [0, 0.1) is 17.2 Å². The summed E-state index contributed by atoms with van der Waals surface area (Å²) in [5.74, 6) is -1.31. The predicted octanol–water partition coefficient (Wildman–Crippen LogP) is 3.92. The number of carbonyl (C=O) groups is 1. The number of carboxylic acids is 1. The molecular weight excluding hydrogens is 468 g/mol. The van der Waals surface area contributed by atoms with Crippen molar-refractivity contribution < 1.29 is 18.3 Å². The van der Waals surface area contributed by atoms with Crippen LogP contribution in [-0.4, -0.2) is 47.9 Å². The van der Waals surface area contributed by atoms with E-state index in [0.717, 1.165) is 21.0 Å². The van der Waals surface area contributed by atoms with Crippen LogP contribution in [0.4, 0.5) is 5.69 Å². The number of nitrogens with one attached hydrogen (secondary N) is 1. The smallest absolute Gasteiger partial charge is 0.307 e. The fourth-order valence-electron chi connectivity index (χ4n) is 3.69. The molecule has 0 saturated heterocycles. The van der Waals surface area contributed by atoms with E-state index in [2.05, 4.69) is 9.98 Å². The lowest BCUT2D eigenvalue weighted by atomic mass is 10.0. The van der Waals surface area contributed by atoms with Gasteiger partial charge in [0.25, 0.3) is 10.0 Å². The van der Waals surface area contributed by atoms with E-state index in [1.807, 2.05) is 25.1 Å². The molecule has 4 rings (SSSR count). The number of carboxylic acid groups (broad SMARTS) is 1. The molecule has 0 saturated carbocycles. The number of aromatic nitrogens is 1. The van der Waals surface area contributed by atoms with Gasteiger partial charge < -0.3 is 10.1 Å². The largest absolute Gasteiger partial charge is 0.481 e. The van der Waals surface area contributed by atoms with E-state index >= 15 is 0 Å². The number of hydrogen-bond donors (Lipinski definition) is 2. The van der Waals surface area contributed by atoms with E-state index < -0.39 is 21.9 Å². The van der Waals surface area contributed by atoms with Crippen molar-refractivity contribution in [3.8, 4) is 6.07 Å². The van der Waals surface area contributed by atoms with Gasteiger partial charge in [0.2, 0.25) is 0 Å². The minimum absolute atomic E-state index is 0.146. The van der Waals surface area contributed by atoms with Crippen LogP contribution in [-0.2, 0) is 14.8 Å². The van der Waals surface area contributed by atoms with Crippen molar-refractivity contribution in [2.75, 3.05) is 17.4 Å². The van der Waals surface area contributed by atoms with Crippen LogP contribution in [0.5, 0.6) is 0 Å². The summed E-state index contributed by atoms with van der Waals surface area (Å²) in [6.07, 6.45) is 0.524. The van der Waals surface area contributed by atoms with Gasteiger partial charge in [0.15, 0.2) is 0 Å². The lowest BCUT2D eigenvalue weighted by Crippen LogP contribution is -2.31. The van der Waals surface area contributed by atoms with E-state index in [9.17, 15) is 23.6 Å². The molecule has 8 nitrogen and oxygen atoms in total. The first kappa shape index (κ1) is 22.4. The Hall–Kier alpha value is -2.81. The number of benzene rings is 1. The van der Waals surface area contributed by atoms with Gasteiger partial charge in [-0.25, -0.2) is 12.7 Å². The first-order chi connectivity index (χ1) is 15.4. The molecule has 0 fully saturated rings. The van der Waals surface area contributed by atoms with Gasteiger partial charge >= 0.3 is 5.97 Å². The van der Waals surface area contributed by atoms with Gasteiger partial charge in [0.1, 0.15) is 15.8 Å². The van der Waals surface area contributed by atoms with Gasteiger partial charge in [-0.3, -0.25) is 9.79 Å². The number of nitriles is 1. The number of para-hydroxylation sites is 1. The number of H-pyrrole nitrogens is 1. The second kappa shape index (κ2) is 8.97. The second-order valence-corrected chi connectivity index (χ2v) is 11.4. The van der Waals surface area contributed by atoms with Gasteiger partial charge in [-0.05, 0) is 30.0 Å². The Morgan fingerprint density at radius 3 is 2.88 bits per heavy atom. The highest BCUT2D eigenvalue weighted by Crippen LogP contribution is 2.36. The summed E-state index contributed by atoms with van der Waals surface area (Å²) in [6, 6.07) is 12.2. The standard InChI is InChI=1S/C21H20N4O4S3/c1-2-14(21(26)27)17-12-23-20(31-17)15-11-13-5-3-6-16(19(13)24-15)25(9-8-22)32(28,29)18-7-4-10-30-18/h3-7,10-11,14,17,24H,2,9,12H2,1H3,(H,26,27). The SMILES string of the molecule is CCC(C(=O)O)C1CN=C(c2cc3cccc(N(CC#N)S(=O)(=O)c4cccs4)c3[nH]2)S1. The Kier molecular flexibility index (Phi) is 6.28. The highest BCUT2D eigenvalue weighted by Gasteiger charge is 2.33. The van der Waals surface area contributed by atoms with Crippen LogP contribution in [0.2, 0.25) is 0 Å². The molecule has 166 valence electrons. The molecule has 1 aromatic carbocycles. The maximum absolute atomic E-state index is 13.2. The zero-order valence-corrected chi connectivity index (χ0v) is 19.5. The Bertz CT molecular complexity index is 1320. The molecule has 3 aromatic rings. The Labute approximate surface area is 193 Å². The number of aromatic amines is 1. The molecule has 32 heavy (non-hydrogen) atoms. The van der Waals surface area contributed by atoms with E-state index in [0.29, 0.717) is 34.9 Å². The number of thioether (sulfide) groups is 1. The number of hydrogen-bond acceptors (Lipinski definition) is 7. The minimum atomic E-state index is -3.90. The summed E-state index contributed by atoms with van der Waals surface area (Å²) in [5.41, 5.74) is 1.65. The molecule has 0 radical (unpaired) electrons. The van der Waals surface area contributed by atoms with Crippen LogP contribution in [0.1, 0.15) is 19.0 Å². The van der Waals surface area contributed by atoms with E-state index in [1.165, 1.54) is 17.8 Å². The normalized spacial score (nSPS) is 17.1. The van der Waals surface area contributed by atoms with Crippen molar-refractivity contribution in [3.63, 3.8) is 0 Å². The van der Waals surface area contributed by atoms with Crippen molar-refractivity contribution in [2.24, 2.45) is 10.9 Å². The van der Waals surface area contributed by atoms with E-state index in [4.69, 9.17) is 0 Å². The molecular formula is C21H20N4O4S3. The van der Waals surface area contributed by atoms with Gasteiger partial charge in [0.05, 0.1) is 35.4 Å². The Balaban J connectivity index is 1.71. The van der Waals surface area contributed by atoms with Crippen molar-refractivity contribution in [1.82, 2.24) is 4.98 Å². The van der Waals surface area contributed by atoms with Crippen molar-refractivity contribution >= 4 is 60.7 Å². The average molecular weight is 489 g/mol. The van der Waals surface area contributed by atoms with Crippen molar-refractivity contribution in [1.29, 1.82) is 5.26 Å². The number of nitrogens with zero attached hydrogens (tertiary/aromatic N) is 3. The molecule has 1 aliphatic rings. The summed E-state index contributed by atoms with van der Waals surface area (Å²) in [7, 11) is -3.90. The first-order valence-corrected chi connectivity index (χ1v) is 13.1. The maximum atomic E-state index is 13.2. The molecule has 2 atom stereocenters. The molecule has 1 aliphatic heterocycles. The van der Waals surface area contributed by atoms with Crippen molar-refractivity contribution in [2.45, 2.75) is 22.8 Å². The van der Waals surface area contributed by atoms with Crippen molar-refractivity contribution in [3.05, 3.63) is 47.5 Å². The number of anilines is 1. The molecule has 0 bridgehead atoms. The van der Waals surface area contributed by atoms with Crippen LogP contribution in [0.3, 0.4) is 0 Å². The summed E-state index contributed by atoms with van der Waals surface area (Å²) >= 11 is 2.52. The zero-order valence-electron chi connectivity index (χ0n) is 17.1. The first-order valence-electron chi connectivity index (χ1n) is 9.86. The summed E-state index contributed by atoms with van der Waals surface area (Å²) < 4.78 is 27.7. The summed E-state index contributed by atoms with van der Waals surface area (Å²) in [5, 5.41) is 21.8. The highest BCUT2D eigenvalue weighted by molar-refractivity contribution is 8.15. The summed E-state index contributed by atoms with van der Waals surface area (Å²) in [4.78, 5) is 19.3. The molecule has 2 N–H and O–H groups in total. The second-order valence-electron chi connectivity index (χ2n) is 7.18. The quantitative estimate of drug-likeness (QED) is 0.463. The topological polar surface area (TPSA) is 127 Å². The maximum Gasteiger partial charge on any atom is 0.307 e. The highest BCUT2D eigenvalue weighted by atomic mass is 32.2. The third-order valence-electron chi connectivity index (χ3n) is 5.27. The number of fused-ring (bicyclic) bond motifs is 1. The molecule has 0 spiro atoms. The average Bonchev–Trinajstić information content (AvgIpc) is 3.52.